The van der Waals surface area contributed by atoms with Gasteiger partial charge in [-0.15, -0.1) is 0 Å². The molecule has 8 nitrogen and oxygen atoms in total. The molecule has 3 fully saturated rings. The highest BCUT2D eigenvalue weighted by Gasteiger charge is 2.46. The van der Waals surface area contributed by atoms with Gasteiger partial charge in [-0.3, -0.25) is 19.4 Å². The van der Waals surface area contributed by atoms with E-state index in [9.17, 15) is 22.4 Å². The summed E-state index contributed by atoms with van der Waals surface area (Å²) in [6.07, 6.45) is -0.620. The lowest BCUT2D eigenvalue weighted by atomic mass is 9.79. The van der Waals surface area contributed by atoms with Crippen molar-refractivity contribution in [3.8, 4) is 11.3 Å². The fourth-order valence-corrected chi connectivity index (χ4v) is 5.41. The first-order chi connectivity index (χ1) is 17.2. The second-order valence-corrected chi connectivity index (χ2v) is 9.80. The number of nitrogens with zero attached hydrogens (tertiary/aromatic N) is 6. The molecular weight excluding hydrogens is 478 g/mol. The van der Waals surface area contributed by atoms with E-state index < -0.39 is 23.6 Å². The Kier molecular flexibility index (Phi) is 5.08. The number of amides is 1. The fraction of sp³-hybridized carbons (Fsp3) is 0.417. The zero-order valence-corrected chi connectivity index (χ0v) is 19.2. The van der Waals surface area contributed by atoms with Crippen molar-refractivity contribution in [3.63, 3.8) is 0 Å². The molecule has 3 aromatic rings. The molecule has 6 rings (SSSR count). The van der Waals surface area contributed by atoms with Gasteiger partial charge in [0, 0.05) is 56.1 Å². The van der Waals surface area contributed by atoms with Gasteiger partial charge in [0.25, 0.3) is 5.91 Å². The van der Waals surface area contributed by atoms with Crippen molar-refractivity contribution >= 4 is 22.6 Å². The molecule has 0 saturated carbocycles. The summed E-state index contributed by atoms with van der Waals surface area (Å²) in [5.41, 5.74) is 2.27. The van der Waals surface area contributed by atoms with E-state index in [1.807, 2.05) is 6.07 Å². The predicted molar refractivity (Wildman–Crippen MR) is 124 cm³/mol. The molecule has 3 aromatic heterocycles. The Bertz CT molecular complexity index is 1350. The first-order valence-corrected chi connectivity index (χ1v) is 11.7. The molecule has 0 unspecified atom stereocenters. The van der Waals surface area contributed by atoms with E-state index in [0.717, 1.165) is 56.1 Å². The number of hydrogen-bond acceptors (Lipinski definition) is 6. The highest BCUT2D eigenvalue weighted by molar-refractivity contribution is 5.98. The van der Waals surface area contributed by atoms with E-state index in [1.54, 1.807) is 10.9 Å². The summed E-state index contributed by atoms with van der Waals surface area (Å²) in [4.78, 5) is 23.7. The van der Waals surface area contributed by atoms with Crippen molar-refractivity contribution in [2.24, 2.45) is 5.41 Å². The molecule has 0 radical (unpaired) electrons. The first kappa shape index (κ1) is 22.9. The van der Waals surface area contributed by atoms with Crippen LogP contribution in [0.25, 0.3) is 22.3 Å². The van der Waals surface area contributed by atoms with E-state index in [2.05, 4.69) is 26.8 Å². The summed E-state index contributed by atoms with van der Waals surface area (Å²) in [6.45, 7) is 7.26. The third-order valence-corrected chi connectivity index (χ3v) is 7.34. The highest BCUT2D eigenvalue weighted by atomic mass is 19.4. The lowest BCUT2D eigenvalue weighted by Gasteiger charge is -2.49. The molecule has 0 atom stereocenters. The molecule has 0 bridgehead atoms. The van der Waals surface area contributed by atoms with Crippen molar-refractivity contribution < 1.29 is 22.4 Å². The van der Waals surface area contributed by atoms with Gasteiger partial charge in [-0.1, -0.05) is 6.58 Å². The number of anilines is 1. The van der Waals surface area contributed by atoms with Gasteiger partial charge in [-0.25, -0.2) is 4.39 Å². The molecule has 3 aliphatic heterocycles. The van der Waals surface area contributed by atoms with Gasteiger partial charge >= 0.3 is 6.18 Å². The largest absolute Gasteiger partial charge is 0.433 e. The molecule has 36 heavy (non-hydrogen) atoms. The van der Waals surface area contributed by atoms with Gasteiger partial charge in [-0.05, 0) is 31.2 Å². The number of aromatic nitrogens is 4. The normalized spacial score (nSPS) is 19.6. The minimum absolute atomic E-state index is 0.238. The first-order valence-electron chi connectivity index (χ1n) is 11.7. The average molecular weight is 501 g/mol. The smallest absolute Gasteiger partial charge is 0.368 e. The quantitative estimate of drug-likeness (QED) is 0.437. The van der Waals surface area contributed by atoms with Crippen LogP contribution >= 0.6 is 0 Å². The number of rotatable bonds is 4. The van der Waals surface area contributed by atoms with Gasteiger partial charge < -0.3 is 15.1 Å². The molecule has 3 aliphatic rings. The van der Waals surface area contributed by atoms with E-state index in [4.69, 9.17) is 5.10 Å². The summed E-state index contributed by atoms with van der Waals surface area (Å²) in [5.74, 6) is -1.78. The minimum atomic E-state index is -4.55. The number of halogens is 4. The maximum absolute atomic E-state index is 13.3. The third kappa shape index (κ3) is 3.62. The van der Waals surface area contributed by atoms with Crippen LogP contribution in [-0.4, -0.2) is 69.8 Å². The summed E-state index contributed by atoms with van der Waals surface area (Å²) in [5, 5.41) is 8.16. The monoisotopic (exact) mass is 501 g/mol. The van der Waals surface area contributed by atoms with Crippen LogP contribution in [0.4, 0.5) is 23.2 Å². The van der Waals surface area contributed by atoms with E-state index in [0.29, 0.717) is 16.8 Å². The topological polar surface area (TPSA) is 79.2 Å². The van der Waals surface area contributed by atoms with Crippen molar-refractivity contribution in [1.82, 2.24) is 30.0 Å². The van der Waals surface area contributed by atoms with Gasteiger partial charge in [0.2, 0.25) is 0 Å². The highest BCUT2D eigenvalue weighted by Crippen LogP contribution is 2.43. The lowest BCUT2D eigenvalue weighted by molar-refractivity contribution is -0.141. The molecule has 0 aromatic carbocycles. The second kappa shape index (κ2) is 7.99. The molecule has 1 amide bonds. The second-order valence-electron chi connectivity index (χ2n) is 9.80. The van der Waals surface area contributed by atoms with Crippen LogP contribution in [0.5, 0.6) is 0 Å². The van der Waals surface area contributed by atoms with Crippen LogP contribution in [0, 0.1) is 5.41 Å². The van der Waals surface area contributed by atoms with Gasteiger partial charge in [0.15, 0.2) is 5.83 Å². The summed E-state index contributed by atoms with van der Waals surface area (Å²) in [6, 6.07) is 3.93. The summed E-state index contributed by atoms with van der Waals surface area (Å²) >= 11 is 0. The molecule has 0 aliphatic carbocycles. The predicted octanol–water partition coefficient (Wildman–Crippen LogP) is 3.18. The van der Waals surface area contributed by atoms with Crippen molar-refractivity contribution in [2.75, 3.05) is 44.2 Å². The molecule has 188 valence electrons. The van der Waals surface area contributed by atoms with Crippen LogP contribution < -0.4 is 10.2 Å². The Morgan fingerprint density at radius 3 is 2.56 bits per heavy atom. The van der Waals surface area contributed by atoms with Crippen molar-refractivity contribution in [3.05, 3.63) is 48.7 Å². The third-order valence-electron chi connectivity index (χ3n) is 7.34. The van der Waals surface area contributed by atoms with Crippen LogP contribution in [0.3, 0.4) is 0 Å². The number of alkyl halides is 3. The van der Waals surface area contributed by atoms with Crippen LogP contribution in [-0.2, 0) is 11.0 Å². The van der Waals surface area contributed by atoms with Gasteiger partial charge in [0.05, 0.1) is 11.7 Å². The van der Waals surface area contributed by atoms with Gasteiger partial charge in [-0.2, -0.15) is 18.3 Å². The zero-order valence-electron chi connectivity index (χ0n) is 19.2. The van der Waals surface area contributed by atoms with Gasteiger partial charge in [0.1, 0.15) is 22.4 Å². The number of pyridine rings is 2. The number of carbonyl (C=O) groups excluding carboxylic acids is 1. The summed E-state index contributed by atoms with van der Waals surface area (Å²) in [7, 11) is 0. The molecule has 3 saturated heterocycles. The molecule has 1 N–H and O–H groups in total. The number of likely N-dealkylation sites (tertiary alicyclic amines) is 1. The summed E-state index contributed by atoms with van der Waals surface area (Å²) < 4.78 is 54.2. The molecular formula is C24H23F4N7O. The SMILES string of the molecule is C=C(F)C(=O)N1CC(n2nc(-c3ccc(C(F)(F)F)nc3)c3nccc(N4CC5(CCNC5)C4)c32)C1. The van der Waals surface area contributed by atoms with Crippen LogP contribution in [0.1, 0.15) is 18.2 Å². The molecule has 6 heterocycles. The Labute approximate surface area is 203 Å². The maximum atomic E-state index is 13.3. The van der Waals surface area contributed by atoms with Crippen LogP contribution in [0.15, 0.2) is 43.0 Å². The Morgan fingerprint density at radius 2 is 1.94 bits per heavy atom. The van der Waals surface area contributed by atoms with Crippen molar-refractivity contribution in [2.45, 2.75) is 18.6 Å². The number of carbonyl (C=O) groups is 1. The average Bonchev–Trinajstić information content (AvgIpc) is 3.42. The Balaban J connectivity index is 1.40. The van der Waals surface area contributed by atoms with E-state index in [1.165, 1.54) is 11.0 Å². The fourth-order valence-electron chi connectivity index (χ4n) is 5.41. The molecule has 12 heteroatoms. The number of nitrogens with one attached hydrogen (secondary N) is 1. The number of hydrogen-bond donors (Lipinski definition) is 1. The maximum Gasteiger partial charge on any atom is 0.433 e. The van der Waals surface area contributed by atoms with Crippen LogP contribution in [0.2, 0.25) is 0 Å². The van der Waals surface area contributed by atoms with E-state index in [-0.39, 0.29) is 24.5 Å². The Hall–Kier alpha value is -3.54. The standard InChI is InChI=1S/C24H23F4N7O/c1-14(25)22(36)33-9-16(10-33)35-21-17(34-12-23(13-34)5-7-29-11-23)4-6-30-20(21)19(32-35)15-2-3-18(31-8-15)24(26,27)28/h2-4,6,8,16,29H,1,5,7,9-13H2. The van der Waals surface area contributed by atoms with Crippen molar-refractivity contribution in [1.29, 1.82) is 0 Å². The molecule has 1 spiro atoms. The van der Waals surface area contributed by atoms with E-state index >= 15 is 0 Å². The minimum Gasteiger partial charge on any atom is -0.368 e. The Morgan fingerprint density at radius 1 is 1.17 bits per heavy atom. The lowest BCUT2D eigenvalue weighted by Crippen LogP contribution is -2.57. The number of fused-ring (bicyclic) bond motifs is 1. The zero-order chi connectivity index (χ0) is 25.2.